The Kier molecular flexibility index (Phi) is 5.47. The fraction of sp³-hybridized carbons (Fsp3) is 0.636. The van der Waals surface area contributed by atoms with Crippen molar-refractivity contribution >= 4 is 17.6 Å². The van der Waals surface area contributed by atoms with Crippen molar-refractivity contribution in [1.29, 1.82) is 0 Å². The number of nitrogens with one attached hydrogen (secondary N) is 3. The average molecular weight is 386 g/mol. The standard InChI is InChI=1S/C22H31N3O3/c1-2-28-19-6-4-3-5-18(19)24-20(26)7-8-23-21(27)25-22-12-15-9-16(13-22)11-17(10-15)14-22/h3-6,15-17H,2,7-14H2,1H3,(H,24,26)(H2,23,25,27). The first-order chi connectivity index (χ1) is 13.5. The second-order valence-corrected chi connectivity index (χ2v) is 8.81. The topological polar surface area (TPSA) is 79.5 Å². The smallest absolute Gasteiger partial charge is 0.315 e. The van der Waals surface area contributed by atoms with Crippen molar-refractivity contribution in [2.45, 2.75) is 57.4 Å². The van der Waals surface area contributed by atoms with Crippen LogP contribution in [0.2, 0.25) is 0 Å². The van der Waals surface area contributed by atoms with Gasteiger partial charge in [-0.15, -0.1) is 0 Å². The molecule has 4 bridgehead atoms. The van der Waals surface area contributed by atoms with Crippen molar-refractivity contribution in [2.24, 2.45) is 17.8 Å². The molecule has 0 heterocycles. The first-order valence-corrected chi connectivity index (χ1v) is 10.6. The quantitative estimate of drug-likeness (QED) is 0.670. The van der Waals surface area contributed by atoms with Crippen LogP contribution in [0, 0.1) is 17.8 Å². The third-order valence-corrected chi connectivity index (χ3v) is 6.52. The number of anilines is 1. The van der Waals surface area contributed by atoms with Crippen LogP contribution in [0.5, 0.6) is 5.75 Å². The number of amides is 3. The maximum atomic E-state index is 12.4. The zero-order valence-corrected chi connectivity index (χ0v) is 16.6. The summed E-state index contributed by atoms with van der Waals surface area (Å²) in [6, 6.07) is 7.24. The number of para-hydroxylation sites is 2. The molecule has 5 rings (SSSR count). The van der Waals surface area contributed by atoms with Crippen molar-refractivity contribution in [3.63, 3.8) is 0 Å². The van der Waals surface area contributed by atoms with Crippen molar-refractivity contribution < 1.29 is 14.3 Å². The van der Waals surface area contributed by atoms with Gasteiger partial charge in [-0.1, -0.05) is 12.1 Å². The minimum Gasteiger partial charge on any atom is -0.492 e. The summed E-state index contributed by atoms with van der Waals surface area (Å²) < 4.78 is 5.52. The Morgan fingerprint density at radius 3 is 2.36 bits per heavy atom. The summed E-state index contributed by atoms with van der Waals surface area (Å²) in [6.07, 6.45) is 7.67. The van der Waals surface area contributed by atoms with Crippen molar-refractivity contribution in [3.8, 4) is 5.75 Å². The van der Waals surface area contributed by atoms with Gasteiger partial charge in [0.15, 0.2) is 0 Å². The highest BCUT2D eigenvalue weighted by Gasteiger charge is 2.51. The van der Waals surface area contributed by atoms with Gasteiger partial charge in [0.05, 0.1) is 12.3 Å². The summed E-state index contributed by atoms with van der Waals surface area (Å²) in [5.74, 6) is 2.90. The normalized spacial score (nSPS) is 30.0. The first-order valence-electron chi connectivity index (χ1n) is 10.6. The number of urea groups is 1. The molecule has 0 atom stereocenters. The van der Waals surface area contributed by atoms with E-state index in [-0.39, 0.29) is 23.9 Å². The molecule has 4 fully saturated rings. The summed E-state index contributed by atoms with van der Waals surface area (Å²) in [7, 11) is 0. The molecule has 0 saturated heterocycles. The molecule has 4 aliphatic carbocycles. The lowest BCUT2D eigenvalue weighted by Crippen LogP contribution is -2.61. The highest BCUT2D eigenvalue weighted by Crippen LogP contribution is 2.55. The van der Waals surface area contributed by atoms with Gasteiger partial charge in [-0.2, -0.15) is 0 Å². The van der Waals surface area contributed by atoms with Gasteiger partial charge in [0.1, 0.15) is 5.75 Å². The maximum Gasteiger partial charge on any atom is 0.315 e. The molecular weight excluding hydrogens is 354 g/mol. The number of ether oxygens (including phenoxy) is 1. The van der Waals surface area contributed by atoms with Gasteiger partial charge in [-0.3, -0.25) is 4.79 Å². The predicted molar refractivity (Wildman–Crippen MR) is 108 cm³/mol. The Bertz CT molecular complexity index is 698. The van der Waals surface area contributed by atoms with Crippen LogP contribution >= 0.6 is 0 Å². The molecule has 152 valence electrons. The third-order valence-electron chi connectivity index (χ3n) is 6.52. The van der Waals surface area contributed by atoms with Crippen molar-refractivity contribution in [2.75, 3.05) is 18.5 Å². The molecule has 4 saturated carbocycles. The molecule has 0 aromatic heterocycles. The van der Waals surface area contributed by atoms with E-state index in [9.17, 15) is 9.59 Å². The number of rotatable bonds is 7. The average Bonchev–Trinajstić information content (AvgIpc) is 2.62. The number of hydrogen-bond donors (Lipinski definition) is 3. The number of benzene rings is 1. The summed E-state index contributed by atoms with van der Waals surface area (Å²) in [5, 5.41) is 9.00. The summed E-state index contributed by atoms with van der Waals surface area (Å²) in [4.78, 5) is 24.7. The minimum absolute atomic E-state index is 0.00246. The largest absolute Gasteiger partial charge is 0.492 e. The molecule has 1 aromatic rings. The van der Waals surface area contributed by atoms with Gasteiger partial charge < -0.3 is 20.7 Å². The van der Waals surface area contributed by atoms with Gasteiger partial charge in [-0.05, 0) is 75.3 Å². The lowest BCUT2D eigenvalue weighted by Gasteiger charge is -2.56. The fourth-order valence-electron chi connectivity index (χ4n) is 5.90. The van der Waals surface area contributed by atoms with Gasteiger partial charge in [0.2, 0.25) is 5.91 Å². The maximum absolute atomic E-state index is 12.4. The number of hydrogen-bond acceptors (Lipinski definition) is 3. The van der Waals surface area contributed by atoms with E-state index in [1.165, 1.54) is 19.3 Å². The zero-order valence-electron chi connectivity index (χ0n) is 16.6. The van der Waals surface area contributed by atoms with E-state index in [4.69, 9.17) is 4.74 Å². The summed E-state index contributed by atoms with van der Waals surface area (Å²) in [5.41, 5.74) is 0.657. The highest BCUT2D eigenvalue weighted by atomic mass is 16.5. The van der Waals surface area contributed by atoms with Crippen LogP contribution in [0.15, 0.2) is 24.3 Å². The molecule has 0 unspecified atom stereocenters. The molecule has 0 aliphatic heterocycles. The Labute approximate surface area is 166 Å². The lowest BCUT2D eigenvalue weighted by molar-refractivity contribution is -0.116. The SMILES string of the molecule is CCOc1ccccc1NC(=O)CCNC(=O)NC12CC3CC(CC(C3)C1)C2. The summed E-state index contributed by atoms with van der Waals surface area (Å²) in [6.45, 7) is 2.77. The summed E-state index contributed by atoms with van der Waals surface area (Å²) >= 11 is 0. The Balaban J connectivity index is 1.22. The van der Waals surface area contributed by atoms with E-state index < -0.39 is 0 Å². The molecule has 0 spiro atoms. The molecular formula is C22H31N3O3. The molecule has 3 amide bonds. The van der Waals surface area contributed by atoms with E-state index in [0.717, 1.165) is 37.0 Å². The van der Waals surface area contributed by atoms with E-state index >= 15 is 0 Å². The lowest BCUT2D eigenvalue weighted by atomic mass is 9.53. The molecule has 6 nitrogen and oxygen atoms in total. The van der Waals surface area contributed by atoms with E-state index in [0.29, 0.717) is 24.6 Å². The van der Waals surface area contributed by atoms with Gasteiger partial charge in [0, 0.05) is 18.5 Å². The molecule has 6 heteroatoms. The van der Waals surface area contributed by atoms with Crippen molar-refractivity contribution in [1.82, 2.24) is 10.6 Å². The molecule has 0 radical (unpaired) electrons. The zero-order chi connectivity index (χ0) is 19.6. The monoisotopic (exact) mass is 385 g/mol. The van der Waals surface area contributed by atoms with Gasteiger partial charge >= 0.3 is 6.03 Å². The minimum atomic E-state index is -0.137. The van der Waals surface area contributed by atoms with E-state index in [2.05, 4.69) is 16.0 Å². The molecule has 28 heavy (non-hydrogen) atoms. The second-order valence-electron chi connectivity index (χ2n) is 8.81. The Morgan fingerprint density at radius 1 is 1.07 bits per heavy atom. The highest BCUT2D eigenvalue weighted by molar-refractivity contribution is 5.92. The van der Waals surface area contributed by atoms with Crippen molar-refractivity contribution in [3.05, 3.63) is 24.3 Å². The first kappa shape index (κ1) is 19.1. The van der Waals surface area contributed by atoms with Crippen LogP contribution < -0.4 is 20.7 Å². The van der Waals surface area contributed by atoms with Crippen LogP contribution in [0.4, 0.5) is 10.5 Å². The Hall–Kier alpha value is -2.24. The molecule has 4 aliphatic rings. The van der Waals surface area contributed by atoms with E-state index in [1.54, 1.807) is 0 Å². The number of carbonyl (C=O) groups excluding carboxylic acids is 2. The number of carbonyl (C=O) groups is 2. The third kappa shape index (κ3) is 4.26. The fourth-order valence-corrected chi connectivity index (χ4v) is 5.90. The van der Waals surface area contributed by atoms with Crippen LogP contribution in [-0.4, -0.2) is 30.6 Å². The van der Waals surface area contributed by atoms with Crippen LogP contribution in [0.25, 0.3) is 0 Å². The van der Waals surface area contributed by atoms with Gasteiger partial charge in [-0.25, -0.2) is 4.79 Å². The molecule has 1 aromatic carbocycles. The van der Waals surface area contributed by atoms with E-state index in [1.807, 2.05) is 31.2 Å². The van der Waals surface area contributed by atoms with Crippen LogP contribution in [0.3, 0.4) is 0 Å². The predicted octanol–water partition coefficient (Wildman–Crippen LogP) is 3.68. The molecule has 3 N–H and O–H groups in total. The Morgan fingerprint density at radius 2 is 1.71 bits per heavy atom. The van der Waals surface area contributed by atoms with Crippen LogP contribution in [0.1, 0.15) is 51.9 Å². The second kappa shape index (κ2) is 8.02. The van der Waals surface area contributed by atoms with Crippen LogP contribution in [-0.2, 0) is 4.79 Å². The van der Waals surface area contributed by atoms with Gasteiger partial charge in [0.25, 0.3) is 0 Å².